The molecule has 3 aromatic heterocycles. The predicted octanol–water partition coefficient (Wildman–Crippen LogP) is 0.885. The topological polar surface area (TPSA) is 107 Å². The molecule has 0 aliphatic heterocycles. The molecule has 0 aromatic carbocycles. The van der Waals surface area contributed by atoms with E-state index in [0.717, 1.165) is 12.0 Å². The molecule has 8 heteroatoms. The van der Waals surface area contributed by atoms with Crippen LogP contribution in [0.25, 0.3) is 16.9 Å². The molecule has 98 valence electrons. The number of aromatic nitrogens is 6. The van der Waals surface area contributed by atoms with E-state index in [4.69, 9.17) is 10.5 Å². The van der Waals surface area contributed by atoms with Crippen molar-refractivity contribution in [3.63, 3.8) is 0 Å². The van der Waals surface area contributed by atoms with Crippen LogP contribution in [0.3, 0.4) is 0 Å². The third-order valence-corrected chi connectivity index (χ3v) is 2.58. The maximum Gasteiger partial charge on any atom is 0.240 e. The zero-order valence-corrected chi connectivity index (χ0v) is 10.4. The van der Waals surface area contributed by atoms with E-state index in [2.05, 4.69) is 25.3 Å². The molecule has 0 spiro atoms. The number of ether oxygens (including phenoxy) is 1. The summed E-state index contributed by atoms with van der Waals surface area (Å²) in [6.07, 6.45) is 5.87. The van der Waals surface area contributed by atoms with Crippen LogP contribution >= 0.6 is 0 Å². The first kappa shape index (κ1) is 11.5. The van der Waals surface area contributed by atoms with Gasteiger partial charge < -0.3 is 10.5 Å². The Hall–Kier alpha value is -2.64. The van der Waals surface area contributed by atoms with Gasteiger partial charge in [0.15, 0.2) is 5.75 Å². The summed E-state index contributed by atoms with van der Waals surface area (Å²) in [4.78, 5) is 8.51. The van der Waals surface area contributed by atoms with Gasteiger partial charge in [-0.1, -0.05) is 6.92 Å². The summed E-state index contributed by atoms with van der Waals surface area (Å²) >= 11 is 0. The third kappa shape index (κ3) is 1.96. The Balaban J connectivity index is 2.20. The highest BCUT2D eigenvalue weighted by molar-refractivity contribution is 5.73. The molecule has 0 aliphatic rings. The van der Waals surface area contributed by atoms with Gasteiger partial charge in [0.05, 0.1) is 12.8 Å². The Morgan fingerprint density at radius 3 is 3.11 bits per heavy atom. The molecule has 0 saturated carbocycles. The lowest BCUT2D eigenvalue weighted by Crippen LogP contribution is -2.02. The number of aromatic amines is 1. The van der Waals surface area contributed by atoms with E-state index in [1.807, 2.05) is 6.92 Å². The highest BCUT2D eigenvalue weighted by atomic mass is 16.5. The first-order valence-corrected chi connectivity index (χ1v) is 5.92. The molecule has 3 N–H and O–H groups in total. The van der Waals surface area contributed by atoms with Gasteiger partial charge in [0.2, 0.25) is 11.6 Å². The Morgan fingerprint density at radius 1 is 1.47 bits per heavy atom. The fraction of sp³-hybridized carbons (Fsp3) is 0.273. The molecule has 19 heavy (non-hydrogen) atoms. The van der Waals surface area contributed by atoms with E-state index >= 15 is 0 Å². The van der Waals surface area contributed by atoms with Gasteiger partial charge in [-0.2, -0.15) is 14.6 Å². The number of fused-ring (bicyclic) bond motifs is 1. The highest BCUT2D eigenvalue weighted by Crippen LogP contribution is 2.30. The van der Waals surface area contributed by atoms with Crippen LogP contribution in [0.4, 0.5) is 5.95 Å². The summed E-state index contributed by atoms with van der Waals surface area (Å²) in [6.45, 7) is 2.60. The summed E-state index contributed by atoms with van der Waals surface area (Å²) in [5.74, 6) is 0.752. The molecule has 0 atom stereocenters. The molecule has 0 fully saturated rings. The van der Waals surface area contributed by atoms with Gasteiger partial charge >= 0.3 is 0 Å². The van der Waals surface area contributed by atoms with Crippen molar-refractivity contribution in [3.8, 4) is 17.0 Å². The number of anilines is 1. The molecule has 0 amide bonds. The number of rotatable bonds is 4. The van der Waals surface area contributed by atoms with Crippen LogP contribution in [-0.4, -0.2) is 36.4 Å². The molecular formula is C11H13N7O. The SMILES string of the molecule is CCCOc1c(-c2cn[nH]c2)ncn2nc(N)nc12. The smallest absolute Gasteiger partial charge is 0.240 e. The minimum atomic E-state index is 0.187. The fourth-order valence-corrected chi connectivity index (χ4v) is 1.78. The molecular weight excluding hydrogens is 246 g/mol. The summed E-state index contributed by atoms with van der Waals surface area (Å²) < 4.78 is 7.26. The number of nitrogen functional groups attached to an aromatic ring is 1. The molecule has 0 radical (unpaired) electrons. The minimum Gasteiger partial charge on any atom is -0.488 e. The second kappa shape index (κ2) is 4.56. The van der Waals surface area contributed by atoms with Crippen LogP contribution in [0.2, 0.25) is 0 Å². The van der Waals surface area contributed by atoms with Crippen molar-refractivity contribution in [3.05, 3.63) is 18.7 Å². The summed E-state index contributed by atoms with van der Waals surface area (Å²) in [6, 6.07) is 0. The van der Waals surface area contributed by atoms with E-state index in [9.17, 15) is 0 Å². The average Bonchev–Trinajstić information content (AvgIpc) is 3.03. The van der Waals surface area contributed by atoms with Crippen molar-refractivity contribution in [1.82, 2.24) is 29.8 Å². The van der Waals surface area contributed by atoms with E-state index in [1.165, 1.54) is 4.52 Å². The third-order valence-electron chi connectivity index (χ3n) is 2.58. The largest absolute Gasteiger partial charge is 0.488 e. The summed E-state index contributed by atoms with van der Waals surface area (Å²) in [5, 5.41) is 10.7. The molecule has 8 nitrogen and oxygen atoms in total. The molecule has 0 unspecified atom stereocenters. The number of nitrogens with one attached hydrogen (secondary N) is 1. The molecule has 3 heterocycles. The maximum atomic E-state index is 5.75. The van der Waals surface area contributed by atoms with E-state index < -0.39 is 0 Å². The van der Waals surface area contributed by atoms with Crippen LogP contribution in [0.15, 0.2) is 18.7 Å². The second-order valence-corrected chi connectivity index (χ2v) is 4.00. The zero-order valence-electron chi connectivity index (χ0n) is 10.4. The lowest BCUT2D eigenvalue weighted by Gasteiger charge is -2.09. The van der Waals surface area contributed by atoms with Crippen molar-refractivity contribution >= 4 is 11.6 Å². The van der Waals surface area contributed by atoms with Gasteiger partial charge in [-0.15, -0.1) is 5.10 Å². The van der Waals surface area contributed by atoms with Crippen LogP contribution < -0.4 is 10.5 Å². The summed E-state index contributed by atoms with van der Waals surface area (Å²) in [7, 11) is 0. The van der Waals surface area contributed by atoms with Crippen LogP contribution in [0.5, 0.6) is 5.75 Å². The first-order valence-electron chi connectivity index (χ1n) is 5.92. The second-order valence-electron chi connectivity index (χ2n) is 4.00. The normalized spacial score (nSPS) is 11.0. The van der Waals surface area contributed by atoms with Crippen LogP contribution in [-0.2, 0) is 0 Å². The monoisotopic (exact) mass is 259 g/mol. The average molecular weight is 259 g/mol. The van der Waals surface area contributed by atoms with Crippen molar-refractivity contribution in [2.75, 3.05) is 12.3 Å². The first-order chi connectivity index (χ1) is 9.29. The number of nitrogens with zero attached hydrogens (tertiary/aromatic N) is 5. The van der Waals surface area contributed by atoms with Crippen molar-refractivity contribution in [2.45, 2.75) is 13.3 Å². The number of hydrogen-bond acceptors (Lipinski definition) is 6. The van der Waals surface area contributed by atoms with Gasteiger partial charge in [0.25, 0.3) is 0 Å². The minimum absolute atomic E-state index is 0.187. The van der Waals surface area contributed by atoms with Gasteiger partial charge in [-0.05, 0) is 6.42 Å². The summed E-state index contributed by atoms with van der Waals surface area (Å²) in [5.41, 5.74) is 7.66. The van der Waals surface area contributed by atoms with Crippen LogP contribution in [0.1, 0.15) is 13.3 Å². The van der Waals surface area contributed by atoms with Crippen molar-refractivity contribution in [2.24, 2.45) is 0 Å². The van der Waals surface area contributed by atoms with Gasteiger partial charge in [-0.25, -0.2) is 4.98 Å². The standard InChI is InChI=1S/C11H13N7O/c1-2-3-19-9-8(7-4-14-15-5-7)13-6-18-10(9)16-11(12)17-18/h4-6H,2-3H2,1H3,(H2,12,17)(H,14,15). The number of hydrogen-bond donors (Lipinski definition) is 2. The van der Waals surface area contributed by atoms with Gasteiger partial charge in [0.1, 0.15) is 12.0 Å². The molecule has 3 aromatic rings. The van der Waals surface area contributed by atoms with E-state index in [1.54, 1.807) is 18.7 Å². The van der Waals surface area contributed by atoms with Crippen molar-refractivity contribution in [1.29, 1.82) is 0 Å². The quantitative estimate of drug-likeness (QED) is 0.720. The van der Waals surface area contributed by atoms with Crippen LogP contribution in [0, 0.1) is 0 Å². The molecule has 3 rings (SSSR count). The maximum absolute atomic E-state index is 5.75. The Kier molecular flexibility index (Phi) is 2.75. The lowest BCUT2D eigenvalue weighted by atomic mass is 10.2. The van der Waals surface area contributed by atoms with E-state index in [-0.39, 0.29) is 5.95 Å². The zero-order chi connectivity index (χ0) is 13.2. The number of nitrogens with two attached hydrogens (primary N) is 1. The predicted molar refractivity (Wildman–Crippen MR) is 68.6 cm³/mol. The molecule has 0 saturated heterocycles. The number of H-pyrrole nitrogens is 1. The van der Waals surface area contributed by atoms with Gasteiger partial charge in [0, 0.05) is 11.8 Å². The highest BCUT2D eigenvalue weighted by Gasteiger charge is 2.16. The Bertz CT molecular complexity index is 688. The van der Waals surface area contributed by atoms with E-state index in [0.29, 0.717) is 23.7 Å². The van der Waals surface area contributed by atoms with Gasteiger partial charge in [-0.3, -0.25) is 5.10 Å². The Morgan fingerprint density at radius 2 is 2.37 bits per heavy atom. The van der Waals surface area contributed by atoms with Crippen molar-refractivity contribution < 1.29 is 4.74 Å². The molecule has 0 aliphatic carbocycles. The Labute approximate surface area is 108 Å². The molecule has 0 bridgehead atoms. The fourth-order valence-electron chi connectivity index (χ4n) is 1.78. The lowest BCUT2D eigenvalue weighted by molar-refractivity contribution is 0.319.